The van der Waals surface area contributed by atoms with Crippen LogP contribution in [0.2, 0.25) is 0 Å². The fourth-order valence-corrected chi connectivity index (χ4v) is 3.34. The molecule has 0 aromatic heterocycles. The highest BCUT2D eigenvalue weighted by molar-refractivity contribution is 6.31. The number of amides is 2. The van der Waals surface area contributed by atoms with Crippen LogP contribution in [0.4, 0.5) is 5.69 Å². The fraction of sp³-hybridized carbons (Fsp3) is 0.0800. The van der Waals surface area contributed by atoms with Crippen molar-refractivity contribution in [3.8, 4) is 17.6 Å². The third-order valence-corrected chi connectivity index (χ3v) is 4.94. The molecule has 0 saturated carbocycles. The second-order valence-corrected chi connectivity index (χ2v) is 6.91. The summed E-state index contributed by atoms with van der Waals surface area (Å²) in [5.41, 5.74) is 4.84. The average Bonchev–Trinajstić information content (AvgIpc) is 3.12. The maximum Gasteiger partial charge on any atom is 0.282 e. The molecule has 0 aliphatic carbocycles. The molecule has 7 heteroatoms. The number of anilines is 1. The maximum atomic E-state index is 12.9. The summed E-state index contributed by atoms with van der Waals surface area (Å²) < 4.78 is 11.4. The van der Waals surface area contributed by atoms with Gasteiger partial charge < -0.3 is 9.47 Å². The number of rotatable bonds is 6. The number of ether oxygens (including phenoxy) is 2. The van der Waals surface area contributed by atoms with Crippen LogP contribution in [0, 0.1) is 11.3 Å². The molecule has 1 aliphatic heterocycles. The van der Waals surface area contributed by atoms with Crippen molar-refractivity contribution in [2.45, 2.75) is 6.61 Å². The van der Waals surface area contributed by atoms with Gasteiger partial charge in [-0.25, -0.2) is 5.01 Å². The van der Waals surface area contributed by atoms with Crippen LogP contribution in [0.3, 0.4) is 0 Å². The van der Waals surface area contributed by atoms with Crippen molar-refractivity contribution in [2.24, 2.45) is 0 Å². The molecule has 7 nitrogen and oxygen atoms in total. The summed E-state index contributed by atoms with van der Waals surface area (Å²) in [5.74, 6) is -0.166. The third kappa shape index (κ3) is 4.02. The predicted octanol–water partition coefficient (Wildman–Crippen LogP) is 3.61. The van der Waals surface area contributed by atoms with Crippen LogP contribution in [-0.4, -0.2) is 18.9 Å². The van der Waals surface area contributed by atoms with E-state index in [9.17, 15) is 14.9 Å². The molecule has 1 aliphatic rings. The number of nitriles is 1. The van der Waals surface area contributed by atoms with Gasteiger partial charge in [0.2, 0.25) is 0 Å². The number of hydrogen-bond donors (Lipinski definition) is 1. The van der Waals surface area contributed by atoms with Gasteiger partial charge in [0.05, 0.1) is 24.4 Å². The fourth-order valence-electron chi connectivity index (χ4n) is 3.34. The van der Waals surface area contributed by atoms with E-state index in [2.05, 4.69) is 11.5 Å². The molecule has 0 unspecified atom stereocenters. The summed E-state index contributed by atoms with van der Waals surface area (Å²) >= 11 is 0. The minimum atomic E-state index is -0.512. The van der Waals surface area contributed by atoms with Crippen LogP contribution in [0.15, 0.2) is 78.4 Å². The monoisotopic (exact) mass is 425 g/mol. The number of nitrogens with zero attached hydrogens (tertiary/aromatic N) is 2. The molecule has 0 spiro atoms. The zero-order valence-corrected chi connectivity index (χ0v) is 17.2. The molecule has 158 valence electrons. The van der Waals surface area contributed by atoms with Gasteiger partial charge in [0, 0.05) is 11.1 Å². The number of benzene rings is 3. The molecule has 0 bridgehead atoms. The summed E-state index contributed by atoms with van der Waals surface area (Å²) in [6.07, 6.45) is 1.48. The molecule has 4 rings (SSSR count). The van der Waals surface area contributed by atoms with E-state index in [0.717, 1.165) is 0 Å². The summed E-state index contributed by atoms with van der Waals surface area (Å²) in [6.45, 7) is 0.122. The second kappa shape index (κ2) is 9.06. The molecule has 1 N–H and O–H groups in total. The Hall–Kier alpha value is -4.57. The average molecular weight is 425 g/mol. The van der Waals surface area contributed by atoms with Crippen LogP contribution in [0.1, 0.15) is 16.7 Å². The van der Waals surface area contributed by atoms with E-state index < -0.39 is 11.8 Å². The molecular weight excluding hydrogens is 406 g/mol. The van der Waals surface area contributed by atoms with Gasteiger partial charge >= 0.3 is 0 Å². The molecule has 1 saturated heterocycles. The van der Waals surface area contributed by atoms with Crippen LogP contribution in [0.5, 0.6) is 11.5 Å². The van der Waals surface area contributed by atoms with Crippen molar-refractivity contribution in [3.05, 3.63) is 95.1 Å². The number of carbonyl (C=O) groups excluding carboxylic acids is 2. The number of methoxy groups -OCH3 is 1. The number of hydrazine groups is 1. The lowest BCUT2D eigenvalue weighted by molar-refractivity contribution is -0.117. The number of nitrogens with one attached hydrogen (secondary N) is 1. The first kappa shape index (κ1) is 20.7. The minimum Gasteiger partial charge on any atom is -0.493 e. The molecule has 3 aromatic rings. The predicted molar refractivity (Wildman–Crippen MR) is 119 cm³/mol. The molecule has 1 heterocycles. The molecule has 2 amide bonds. The SMILES string of the molecule is COc1cccc(/C=C2\C(=O)NN(c3ccccc3)C2=O)c1OCc1ccccc1C#N. The van der Waals surface area contributed by atoms with E-state index in [-0.39, 0.29) is 12.2 Å². The Kier molecular flexibility index (Phi) is 5.86. The summed E-state index contributed by atoms with van der Waals surface area (Å²) in [5, 5.41) is 10.5. The smallest absolute Gasteiger partial charge is 0.282 e. The highest BCUT2D eigenvalue weighted by Crippen LogP contribution is 2.34. The lowest BCUT2D eigenvalue weighted by atomic mass is 10.1. The first-order valence-corrected chi connectivity index (χ1v) is 9.82. The Balaban J connectivity index is 1.67. The topological polar surface area (TPSA) is 91.7 Å². The standard InChI is InChI=1S/C25H19N3O4/c1-31-22-13-7-10-17(23(22)32-16-19-9-6-5-8-18(19)15-26)14-21-24(29)27-28(25(21)30)20-11-3-2-4-12-20/h2-14H,16H2,1H3,(H,27,29)/b21-14+. The highest BCUT2D eigenvalue weighted by Gasteiger charge is 2.34. The van der Waals surface area contributed by atoms with Gasteiger partial charge in [0.1, 0.15) is 12.2 Å². The molecular formula is C25H19N3O4. The summed E-state index contributed by atoms with van der Waals surface area (Å²) in [4.78, 5) is 25.5. The van der Waals surface area contributed by atoms with Crippen LogP contribution < -0.4 is 19.9 Å². The summed E-state index contributed by atoms with van der Waals surface area (Å²) in [7, 11) is 1.51. The van der Waals surface area contributed by atoms with E-state index in [1.807, 2.05) is 12.1 Å². The second-order valence-electron chi connectivity index (χ2n) is 6.91. The van der Waals surface area contributed by atoms with Crippen LogP contribution in [-0.2, 0) is 16.2 Å². The highest BCUT2D eigenvalue weighted by atomic mass is 16.5. The Morgan fingerprint density at radius 1 is 1.00 bits per heavy atom. The molecule has 0 radical (unpaired) electrons. The largest absolute Gasteiger partial charge is 0.493 e. The van der Waals surface area contributed by atoms with Crippen LogP contribution in [0.25, 0.3) is 6.08 Å². The van der Waals surface area contributed by atoms with E-state index in [1.165, 1.54) is 18.2 Å². The zero-order valence-electron chi connectivity index (χ0n) is 17.2. The first-order valence-electron chi connectivity index (χ1n) is 9.82. The van der Waals surface area contributed by atoms with Gasteiger partial charge in [0.25, 0.3) is 11.8 Å². The Bertz CT molecular complexity index is 1250. The lowest BCUT2D eigenvalue weighted by Gasteiger charge is -2.15. The van der Waals surface area contributed by atoms with Crippen molar-refractivity contribution in [1.82, 2.24) is 5.43 Å². The van der Waals surface area contributed by atoms with Gasteiger partial charge in [-0.2, -0.15) is 5.26 Å². The quantitative estimate of drug-likeness (QED) is 0.481. The van der Waals surface area contributed by atoms with E-state index >= 15 is 0 Å². The van der Waals surface area contributed by atoms with Crippen molar-refractivity contribution in [2.75, 3.05) is 12.1 Å². The summed E-state index contributed by atoms with van der Waals surface area (Å²) in [6, 6.07) is 23.3. The number of para-hydroxylation sites is 2. The van der Waals surface area contributed by atoms with Crippen molar-refractivity contribution in [3.63, 3.8) is 0 Å². The van der Waals surface area contributed by atoms with Gasteiger partial charge in [-0.15, -0.1) is 0 Å². The Morgan fingerprint density at radius 3 is 2.50 bits per heavy atom. The number of hydrogen-bond acceptors (Lipinski definition) is 5. The van der Waals surface area contributed by atoms with E-state index in [1.54, 1.807) is 60.7 Å². The Morgan fingerprint density at radius 2 is 1.75 bits per heavy atom. The van der Waals surface area contributed by atoms with Crippen molar-refractivity contribution in [1.29, 1.82) is 5.26 Å². The molecule has 3 aromatic carbocycles. The molecule has 32 heavy (non-hydrogen) atoms. The maximum absolute atomic E-state index is 12.9. The normalized spacial score (nSPS) is 14.2. The number of carbonyl (C=O) groups is 2. The minimum absolute atomic E-state index is 0.0237. The van der Waals surface area contributed by atoms with Gasteiger partial charge in [0.15, 0.2) is 11.5 Å². The van der Waals surface area contributed by atoms with E-state index in [0.29, 0.717) is 33.9 Å². The zero-order chi connectivity index (χ0) is 22.5. The molecule has 0 atom stereocenters. The lowest BCUT2D eigenvalue weighted by Crippen LogP contribution is -2.35. The van der Waals surface area contributed by atoms with Gasteiger partial charge in [-0.05, 0) is 30.3 Å². The molecule has 1 fully saturated rings. The van der Waals surface area contributed by atoms with Gasteiger partial charge in [-0.3, -0.25) is 15.0 Å². The third-order valence-electron chi connectivity index (χ3n) is 4.94. The first-order chi connectivity index (χ1) is 15.6. The Labute approximate surface area is 185 Å². The van der Waals surface area contributed by atoms with E-state index in [4.69, 9.17) is 9.47 Å². The van der Waals surface area contributed by atoms with Crippen molar-refractivity contribution >= 4 is 23.6 Å². The van der Waals surface area contributed by atoms with Gasteiger partial charge in [-0.1, -0.05) is 48.5 Å². The van der Waals surface area contributed by atoms with Crippen LogP contribution >= 0.6 is 0 Å². The van der Waals surface area contributed by atoms with Crippen molar-refractivity contribution < 1.29 is 19.1 Å².